The molecule has 0 spiro atoms. The highest BCUT2D eigenvalue weighted by molar-refractivity contribution is 9.10. The molecule has 1 aliphatic heterocycles. The fourth-order valence-electron chi connectivity index (χ4n) is 4.41. The van der Waals surface area contributed by atoms with Gasteiger partial charge < -0.3 is 19.9 Å². The molecule has 1 saturated heterocycles. The highest BCUT2D eigenvalue weighted by Crippen LogP contribution is 2.35. The van der Waals surface area contributed by atoms with Crippen molar-refractivity contribution in [2.75, 3.05) is 45.3 Å². The normalized spacial score (nSPS) is 18.4. The van der Waals surface area contributed by atoms with Crippen LogP contribution in [0.25, 0.3) is 5.69 Å². The van der Waals surface area contributed by atoms with E-state index >= 15 is 0 Å². The van der Waals surface area contributed by atoms with Gasteiger partial charge in [-0.05, 0) is 52.7 Å². The number of aliphatic hydroxyl groups excluding tert-OH is 1. The van der Waals surface area contributed by atoms with Gasteiger partial charge in [-0.1, -0.05) is 18.2 Å². The number of nitrogens with zero attached hydrogens (tertiary/aromatic N) is 3. The van der Waals surface area contributed by atoms with Crippen LogP contribution in [-0.2, 0) is 4.74 Å². The van der Waals surface area contributed by atoms with Crippen molar-refractivity contribution in [3.63, 3.8) is 0 Å². The number of hydrogen-bond donors (Lipinski definition) is 3. The molecule has 38 heavy (non-hydrogen) atoms. The van der Waals surface area contributed by atoms with Crippen LogP contribution in [0.3, 0.4) is 0 Å². The number of nitrogens with one attached hydrogen (secondary N) is 2. The molecule has 0 bridgehead atoms. The van der Waals surface area contributed by atoms with Gasteiger partial charge >= 0.3 is 6.03 Å². The molecule has 4 rings (SSSR count). The van der Waals surface area contributed by atoms with Crippen molar-refractivity contribution >= 4 is 27.8 Å². The zero-order valence-corrected chi connectivity index (χ0v) is 22.6. The summed E-state index contributed by atoms with van der Waals surface area (Å²) in [5.41, 5.74) is 1.15. The molecule has 1 aromatic heterocycles. The van der Waals surface area contributed by atoms with Crippen molar-refractivity contribution in [2.24, 2.45) is 0 Å². The Balaban J connectivity index is 1.57. The molecule has 0 saturated carbocycles. The topological polar surface area (TPSA) is 101 Å². The number of carbonyl (C=O) groups excluding carboxylic acids is 1. The monoisotopic (exact) mass is 593 g/mol. The number of halogens is 3. The van der Waals surface area contributed by atoms with Gasteiger partial charge in [0.1, 0.15) is 22.7 Å². The number of para-hydroxylation sites is 1. The first-order valence-corrected chi connectivity index (χ1v) is 12.9. The average molecular weight is 594 g/mol. The molecular weight excluding hydrogens is 564 g/mol. The Morgan fingerprint density at radius 2 is 1.92 bits per heavy atom. The smallest absolute Gasteiger partial charge is 0.320 e. The second-order valence-corrected chi connectivity index (χ2v) is 9.93. The fraction of sp³-hybridized carbons (Fsp3) is 0.385. The van der Waals surface area contributed by atoms with Crippen molar-refractivity contribution in [3.05, 3.63) is 70.2 Å². The summed E-state index contributed by atoms with van der Waals surface area (Å²) in [6, 6.07) is 11.6. The Kier molecular flexibility index (Phi) is 9.31. The van der Waals surface area contributed by atoms with Crippen LogP contribution in [0.2, 0.25) is 0 Å². The quantitative estimate of drug-likeness (QED) is 0.329. The molecule has 204 valence electrons. The van der Waals surface area contributed by atoms with Crippen LogP contribution in [-0.4, -0.2) is 77.9 Å². The number of likely N-dealkylation sites (tertiary alicyclic amines) is 1. The predicted molar refractivity (Wildman–Crippen MR) is 142 cm³/mol. The average Bonchev–Trinajstić information content (AvgIpc) is 3.42. The number of aliphatic hydroxyl groups is 1. The van der Waals surface area contributed by atoms with Crippen molar-refractivity contribution in [3.8, 4) is 11.6 Å². The summed E-state index contributed by atoms with van der Waals surface area (Å²) in [5, 5.41) is 19.9. The minimum Gasteiger partial charge on any atom is -0.473 e. The number of anilines is 1. The van der Waals surface area contributed by atoms with Gasteiger partial charge in [-0.2, -0.15) is 0 Å². The van der Waals surface area contributed by atoms with E-state index in [0.717, 1.165) is 6.07 Å². The lowest BCUT2D eigenvalue weighted by Crippen LogP contribution is -2.42. The van der Waals surface area contributed by atoms with Crippen LogP contribution >= 0.6 is 15.9 Å². The first-order chi connectivity index (χ1) is 18.2. The Bertz CT molecular complexity index is 1220. The lowest BCUT2D eigenvalue weighted by atomic mass is 9.94. The van der Waals surface area contributed by atoms with Gasteiger partial charge in [-0.25, -0.2) is 18.3 Å². The molecule has 0 radical (unpaired) electrons. The van der Waals surface area contributed by atoms with E-state index in [1.54, 1.807) is 14.0 Å². The highest BCUT2D eigenvalue weighted by Gasteiger charge is 2.35. The van der Waals surface area contributed by atoms with Crippen molar-refractivity contribution in [1.29, 1.82) is 0 Å². The number of benzene rings is 2. The summed E-state index contributed by atoms with van der Waals surface area (Å²) in [6.07, 6.45) is -0.712. The van der Waals surface area contributed by atoms with E-state index < -0.39 is 29.8 Å². The molecule has 1 fully saturated rings. The number of ether oxygens (including phenoxy) is 2. The number of rotatable bonds is 10. The number of methoxy groups -OCH3 is 1. The molecule has 9 nitrogen and oxygen atoms in total. The third-order valence-electron chi connectivity index (χ3n) is 6.13. The van der Waals surface area contributed by atoms with Crippen LogP contribution in [0.1, 0.15) is 18.4 Å². The standard InChI is InChI=1S/C26H30BrF2N5O4/c1-16(35)15-38-25-23(27)24(34(32-25)20-6-4-3-5-7-20)31-26(36)30-22-14-33(8-9-37-2)13-21(22)17-10-18(28)12-19(29)11-17/h3-7,10-12,16,21-22,35H,8-9,13-15H2,1-2H3,(H2,30,31,36)/t16?,21-,22+/m0/s1. The largest absolute Gasteiger partial charge is 0.473 e. The van der Waals surface area contributed by atoms with Crippen LogP contribution in [0, 0.1) is 11.6 Å². The molecular formula is C26H30BrF2N5O4. The van der Waals surface area contributed by atoms with Gasteiger partial charge in [0.05, 0.1) is 24.4 Å². The molecule has 2 heterocycles. The van der Waals surface area contributed by atoms with Crippen LogP contribution in [0.5, 0.6) is 5.88 Å². The number of carbonyl (C=O) groups is 1. The zero-order valence-electron chi connectivity index (χ0n) is 21.0. The molecule has 2 amide bonds. The molecule has 12 heteroatoms. The van der Waals surface area contributed by atoms with E-state index in [9.17, 15) is 18.7 Å². The maximum absolute atomic E-state index is 14.0. The van der Waals surface area contributed by atoms with Gasteiger partial charge in [0.25, 0.3) is 0 Å². The Morgan fingerprint density at radius 1 is 1.21 bits per heavy atom. The summed E-state index contributed by atoms with van der Waals surface area (Å²) < 4.78 is 40.7. The lowest BCUT2D eigenvalue weighted by molar-refractivity contribution is 0.119. The second-order valence-electron chi connectivity index (χ2n) is 9.14. The number of amides is 2. The van der Waals surface area contributed by atoms with E-state index in [1.807, 2.05) is 30.3 Å². The first-order valence-electron chi connectivity index (χ1n) is 12.1. The molecule has 2 aromatic carbocycles. The minimum atomic E-state index is -0.712. The summed E-state index contributed by atoms with van der Waals surface area (Å²) in [5.74, 6) is -1.16. The number of hydrogen-bond acceptors (Lipinski definition) is 6. The molecule has 3 N–H and O–H groups in total. The van der Waals surface area contributed by atoms with Crippen molar-refractivity contribution in [2.45, 2.75) is 25.0 Å². The summed E-state index contributed by atoms with van der Waals surface area (Å²) in [4.78, 5) is 15.3. The molecule has 1 aliphatic rings. The lowest BCUT2D eigenvalue weighted by Gasteiger charge is -2.21. The first kappa shape index (κ1) is 28.0. The molecule has 3 atom stereocenters. The van der Waals surface area contributed by atoms with E-state index in [4.69, 9.17) is 9.47 Å². The zero-order chi connectivity index (χ0) is 27.2. The van der Waals surface area contributed by atoms with Crippen LogP contribution in [0.15, 0.2) is 53.0 Å². The summed E-state index contributed by atoms with van der Waals surface area (Å²) in [7, 11) is 1.60. The third-order valence-corrected chi connectivity index (χ3v) is 6.84. The maximum Gasteiger partial charge on any atom is 0.320 e. The Morgan fingerprint density at radius 3 is 2.58 bits per heavy atom. The van der Waals surface area contributed by atoms with Gasteiger partial charge in [-0.3, -0.25) is 10.2 Å². The van der Waals surface area contributed by atoms with E-state index in [2.05, 4.69) is 36.6 Å². The predicted octanol–water partition coefficient (Wildman–Crippen LogP) is 3.91. The minimum absolute atomic E-state index is 0.0152. The highest BCUT2D eigenvalue weighted by atomic mass is 79.9. The summed E-state index contributed by atoms with van der Waals surface area (Å²) >= 11 is 3.46. The van der Waals surface area contributed by atoms with Crippen molar-refractivity contribution < 1.29 is 28.2 Å². The van der Waals surface area contributed by atoms with Gasteiger partial charge in [0, 0.05) is 38.7 Å². The van der Waals surface area contributed by atoms with Crippen LogP contribution in [0.4, 0.5) is 19.4 Å². The maximum atomic E-state index is 14.0. The van der Waals surface area contributed by atoms with Gasteiger partial charge in [-0.15, -0.1) is 5.10 Å². The Labute approximate surface area is 227 Å². The van der Waals surface area contributed by atoms with Gasteiger partial charge in [0.15, 0.2) is 5.82 Å². The third kappa shape index (κ3) is 6.87. The molecule has 1 unspecified atom stereocenters. The van der Waals surface area contributed by atoms with Gasteiger partial charge in [0.2, 0.25) is 5.88 Å². The van der Waals surface area contributed by atoms with E-state index in [-0.39, 0.29) is 18.4 Å². The Hall–Kier alpha value is -3.06. The SMILES string of the molecule is COCCN1C[C@@H](NC(=O)Nc2c(Br)c(OCC(C)O)nn2-c2ccccc2)[C@H](c2cc(F)cc(F)c2)C1. The number of urea groups is 1. The van der Waals surface area contributed by atoms with E-state index in [0.29, 0.717) is 47.8 Å². The van der Waals surface area contributed by atoms with Crippen molar-refractivity contribution in [1.82, 2.24) is 20.0 Å². The van der Waals surface area contributed by atoms with Crippen LogP contribution < -0.4 is 15.4 Å². The molecule has 0 aliphatic carbocycles. The second kappa shape index (κ2) is 12.7. The fourth-order valence-corrected chi connectivity index (χ4v) is 4.87. The molecule has 3 aromatic rings. The summed E-state index contributed by atoms with van der Waals surface area (Å²) in [6.45, 7) is 3.68. The number of aromatic nitrogens is 2. The van der Waals surface area contributed by atoms with E-state index in [1.165, 1.54) is 16.8 Å².